The van der Waals surface area contributed by atoms with Crippen LogP contribution in [0.3, 0.4) is 0 Å². The number of hydrogen-bond donors (Lipinski definition) is 0. The van der Waals surface area contributed by atoms with E-state index in [0.29, 0.717) is 6.47 Å². The molecule has 1 fully saturated rings. The van der Waals surface area contributed by atoms with Crippen LogP contribution in [0.25, 0.3) is 0 Å². The fraction of sp³-hybridized carbons (Fsp3) is 0.857. The Kier molecular flexibility index (Phi) is 2.42. The summed E-state index contributed by atoms with van der Waals surface area (Å²) in [4.78, 5) is 9.82. The Labute approximate surface area is 63.5 Å². The fourth-order valence-electron chi connectivity index (χ4n) is 1.23. The van der Waals surface area contributed by atoms with Crippen LogP contribution in [0.15, 0.2) is 0 Å². The maximum Gasteiger partial charge on any atom is 0.293 e. The zero-order chi connectivity index (χ0) is 8.32. The average Bonchev–Trinajstić information content (AvgIpc) is 1.94. The van der Waals surface area contributed by atoms with E-state index in [1.807, 2.05) is 0 Å². The van der Waals surface area contributed by atoms with Crippen LogP contribution in [-0.2, 0) is 9.53 Å². The van der Waals surface area contributed by atoms with E-state index in [0.717, 1.165) is 0 Å². The summed E-state index contributed by atoms with van der Waals surface area (Å²) in [5.74, 6) is -2.54. The van der Waals surface area contributed by atoms with Crippen molar-refractivity contribution in [2.75, 3.05) is 0 Å². The van der Waals surface area contributed by atoms with Crippen LogP contribution in [-0.4, -0.2) is 18.5 Å². The van der Waals surface area contributed by atoms with E-state index in [2.05, 4.69) is 4.74 Å². The van der Waals surface area contributed by atoms with Gasteiger partial charge in [0.05, 0.1) is 0 Å². The molecule has 0 heterocycles. The van der Waals surface area contributed by atoms with Crippen LogP contribution >= 0.6 is 0 Å². The van der Waals surface area contributed by atoms with Crippen molar-refractivity contribution in [1.29, 1.82) is 0 Å². The molecule has 1 aliphatic carbocycles. The van der Waals surface area contributed by atoms with Crippen molar-refractivity contribution in [3.8, 4) is 0 Å². The Hall–Kier alpha value is -0.670. The second-order valence-corrected chi connectivity index (χ2v) is 2.79. The largest absolute Gasteiger partial charge is 0.465 e. The highest BCUT2D eigenvalue weighted by Crippen LogP contribution is 2.33. The molecule has 0 aliphatic heterocycles. The van der Waals surface area contributed by atoms with Crippen molar-refractivity contribution in [3.63, 3.8) is 0 Å². The maximum atomic E-state index is 12.5. The standard InChI is InChI=1S/C7H10F2O2/c8-7(9)3-1-6(2-4-7)11-5-10/h5-6H,1-4H2. The first-order valence-electron chi connectivity index (χ1n) is 3.61. The van der Waals surface area contributed by atoms with E-state index in [4.69, 9.17) is 0 Å². The summed E-state index contributed by atoms with van der Waals surface area (Å²) < 4.78 is 29.5. The molecule has 0 atom stereocenters. The van der Waals surface area contributed by atoms with Crippen molar-refractivity contribution >= 4 is 6.47 Å². The van der Waals surface area contributed by atoms with E-state index >= 15 is 0 Å². The SMILES string of the molecule is O=COC1CCC(F)(F)CC1. The average molecular weight is 164 g/mol. The lowest BCUT2D eigenvalue weighted by Gasteiger charge is -2.26. The summed E-state index contributed by atoms with van der Waals surface area (Å²) in [5, 5.41) is 0. The minimum atomic E-state index is -2.54. The monoisotopic (exact) mass is 164 g/mol. The fourth-order valence-corrected chi connectivity index (χ4v) is 1.23. The lowest BCUT2D eigenvalue weighted by Crippen LogP contribution is -2.28. The molecular weight excluding hydrogens is 154 g/mol. The molecule has 2 nitrogen and oxygen atoms in total. The van der Waals surface area contributed by atoms with Gasteiger partial charge in [0.1, 0.15) is 6.10 Å². The normalized spacial score (nSPS) is 24.5. The second kappa shape index (κ2) is 3.15. The molecule has 0 radical (unpaired) electrons. The number of halogens is 2. The first kappa shape index (κ1) is 8.43. The van der Waals surface area contributed by atoms with Crippen LogP contribution in [0.1, 0.15) is 25.7 Å². The van der Waals surface area contributed by atoms with Crippen LogP contribution in [0.2, 0.25) is 0 Å². The van der Waals surface area contributed by atoms with Gasteiger partial charge in [-0.05, 0) is 12.8 Å². The van der Waals surface area contributed by atoms with Gasteiger partial charge in [-0.3, -0.25) is 4.79 Å². The van der Waals surface area contributed by atoms with Crippen molar-refractivity contribution in [1.82, 2.24) is 0 Å². The summed E-state index contributed by atoms with van der Waals surface area (Å²) in [6, 6.07) is 0. The minimum Gasteiger partial charge on any atom is -0.465 e. The van der Waals surface area contributed by atoms with Gasteiger partial charge in [-0.1, -0.05) is 0 Å². The van der Waals surface area contributed by atoms with Crippen molar-refractivity contribution in [2.24, 2.45) is 0 Å². The summed E-state index contributed by atoms with van der Waals surface area (Å²) >= 11 is 0. The third-order valence-electron chi connectivity index (χ3n) is 1.91. The Morgan fingerprint density at radius 2 is 1.91 bits per heavy atom. The molecule has 0 bridgehead atoms. The van der Waals surface area contributed by atoms with E-state index in [1.165, 1.54) is 0 Å². The molecule has 0 aromatic carbocycles. The number of alkyl halides is 2. The van der Waals surface area contributed by atoms with Gasteiger partial charge >= 0.3 is 0 Å². The number of ether oxygens (including phenoxy) is 1. The van der Waals surface area contributed by atoms with Gasteiger partial charge in [0, 0.05) is 12.8 Å². The Morgan fingerprint density at radius 3 is 2.36 bits per heavy atom. The van der Waals surface area contributed by atoms with E-state index in [1.54, 1.807) is 0 Å². The zero-order valence-corrected chi connectivity index (χ0v) is 6.06. The van der Waals surface area contributed by atoms with Crippen molar-refractivity contribution in [2.45, 2.75) is 37.7 Å². The molecule has 1 rings (SSSR count). The molecule has 0 unspecified atom stereocenters. The van der Waals surface area contributed by atoms with Gasteiger partial charge in [-0.2, -0.15) is 0 Å². The van der Waals surface area contributed by atoms with E-state index in [-0.39, 0.29) is 31.8 Å². The second-order valence-electron chi connectivity index (χ2n) is 2.79. The molecule has 4 heteroatoms. The number of carbonyl (C=O) groups excluding carboxylic acids is 1. The molecular formula is C7H10F2O2. The van der Waals surface area contributed by atoms with Gasteiger partial charge in [0.25, 0.3) is 6.47 Å². The van der Waals surface area contributed by atoms with Crippen molar-refractivity contribution in [3.05, 3.63) is 0 Å². The van der Waals surface area contributed by atoms with E-state index < -0.39 is 5.92 Å². The lowest BCUT2D eigenvalue weighted by atomic mass is 9.94. The Balaban J connectivity index is 2.30. The highest BCUT2D eigenvalue weighted by atomic mass is 19.3. The molecule has 0 spiro atoms. The first-order chi connectivity index (χ1) is 5.14. The highest BCUT2D eigenvalue weighted by Gasteiger charge is 2.35. The van der Waals surface area contributed by atoms with Crippen LogP contribution in [0.4, 0.5) is 8.78 Å². The molecule has 11 heavy (non-hydrogen) atoms. The molecule has 0 amide bonds. The minimum absolute atomic E-state index is 0.161. The van der Waals surface area contributed by atoms with Crippen molar-refractivity contribution < 1.29 is 18.3 Å². The molecule has 64 valence electrons. The molecule has 0 aromatic rings. The summed E-state index contributed by atoms with van der Waals surface area (Å²) in [5.41, 5.74) is 0. The third-order valence-corrected chi connectivity index (χ3v) is 1.91. The number of rotatable bonds is 2. The van der Waals surface area contributed by atoms with Gasteiger partial charge in [-0.25, -0.2) is 8.78 Å². The Morgan fingerprint density at radius 1 is 1.36 bits per heavy atom. The Bertz CT molecular complexity index is 137. The highest BCUT2D eigenvalue weighted by molar-refractivity contribution is 5.37. The topological polar surface area (TPSA) is 26.3 Å². The molecule has 0 saturated heterocycles. The molecule has 0 N–H and O–H groups in total. The number of carbonyl (C=O) groups is 1. The predicted molar refractivity (Wildman–Crippen MR) is 34.4 cm³/mol. The molecule has 1 aliphatic rings. The number of hydrogen-bond acceptors (Lipinski definition) is 2. The summed E-state index contributed by atoms with van der Waals surface area (Å²) in [6.45, 7) is 0.328. The first-order valence-corrected chi connectivity index (χ1v) is 3.61. The van der Waals surface area contributed by atoms with Crippen LogP contribution in [0.5, 0.6) is 0 Å². The predicted octanol–water partition coefficient (Wildman–Crippen LogP) is 1.74. The van der Waals surface area contributed by atoms with Gasteiger partial charge < -0.3 is 4.74 Å². The van der Waals surface area contributed by atoms with Crippen LogP contribution < -0.4 is 0 Å². The summed E-state index contributed by atoms with van der Waals surface area (Å²) in [6.07, 6.45) is -0.0405. The van der Waals surface area contributed by atoms with Crippen LogP contribution in [0, 0.1) is 0 Å². The lowest BCUT2D eigenvalue weighted by molar-refractivity contribution is -0.140. The van der Waals surface area contributed by atoms with Gasteiger partial charge in [-0.15, -0.1) is 0 Å². The molecule has 0 aromatic heterocycles. The summed E-state index contributed by atoms with van der Waals surface area (Å²) in [7, 11) is 0. The smallest absolute Gasteiger partial charge is 0.293 e. The zero-order valence-electron chi connectivity index (χ0n) is 6.06. The van der Waals surface area contributed by atoms with E-state index in [9.17, 15) is 13.6 Å². The quantitative estimate of drug-likeness (QED) is 0.581. The third kappa shape index (κ3) is 2.44. The maximum absolute atomic E-state index is 12.5. The van der Waals surface area contributed by atoms with Gasteiger partial charge in [0.15, 0.2) is 0 Å². The molecule has 1 saturated carbocycles. The van der Waals surface area contributed by atoms with Gasteiger partial charge in [0.2, 0.25) is 5.92 Å².